The smallest absolute Gasteiger partial charge is 0.307 e. The van der Waals surface area contributed by atoms with Crippen molar-refractivity contribution in [1.29, 1.82) is 0 Å². The first kappa shape index (κ1) is 13.0. The summed E-state index contributed by atoms with van der Waals surface area (Å²) in [4.78, 5) is 14.5. The number of aromatic nitrogens is 1. The van der Waals surface area contributed by atoms with Crippen molar-refractivity contribution < 1.29 is 18.7 Å². The molecule has 88 valence electrons. The van der Waals surface area contributed by atoms with Gasteiger partial charge in [-0.3, -0.25) is 9.78 Å². The van der Waals surface area contributed by atoms with E-state index in [0.29, 0.717) is 16.6 Å². The minimum Gasteiger partial charge on any atom is -0.481 e. The molecule has 1 heterocycles. The Labute approximate surface area is 99.6 Å². The number of pyridine rings is 1. The molecular formula is C10H10BrF2NO2. The topological polar surface area (TPSA) is 50.2 Å². The van der Waals surface area contributed by atoms with E-state index >= 15 is 0 Å². The summed E-state index contributed by atoms with van der Waals surface area (Å²) in [5.74, 6) is -1.13. The first-order valence-corrected chi connectivity index (χ1v) is 5.62. The van der Waals surface area contributed by atoms with Gasteiger partial charge in [0.25, 0.3) is 6.43 Å². The average molecular weight is 294 g/mol. The van der Waals surface area contributed by atoms with Gasteiger partial charge in [0, 0.05) is 17.1 Å². The Balaban J connectivity index is 3.30. The lowest BCUT2D eigenvalue weighted by atomic mass is 10.00. The number of carboxylic acid groups (broad SMARTS) is 1. The summed E-state index contributed by atoms with van der Waals surface area (Å²) in [6.07, 6.45) is -2.06. The van der Waals surface area contributed by atoms with Crippen molar-refractivity contribution >= 4 is 21.9 Å². The van der Waals surface area contributed by atoms with Crippen LogP contribution in [-0.2, 0) is 16.5 Å². The van der Waals surface area contributed by atoms with Crippen LogP contribution in [0.15, 0.2) is 6.20 Å². The fourth-order valence-corrected chi connectivity index (χ4v) is 1.99. The van der Waals surface area contributed by atoms with E-state index in [4.69, 9.17) is 5.11 Å². The number of carbonyl (C=O) groups is 1. The van der Waals surface area contributed by atoms with Crippen molar-refractivity contribution in [2.75, 3.05) is 0 Å². The molecule has 0 saturated heterocycles. The summed E-state index contributed by atoms with van der Waals surface area (Å²) in [6, 6.07) is 0. The number of rotatable bonds is 4. The van der Waals surface area contributed by atoms with Gasteiger partial charge in [0.1, 0.15) is 0 Å². The van der Waals surface area contributed by atoms with Gasteiger partial charge in [-0.05, 0) is 18.1 Å². The summed E-state index contributed by atoms with van der Waals surface area (Å²) in [7, 11) is 0. The van der Waals surface area contributed by atoms with Gasteiger partial charge in [0.05, 0.1) is 12.1 Å². The number of alkyl halides is 3. The Bertz CT molecular complexity index is 410. The van der Waals surface area contributed by atoms with Crippen LogP contribution in [0, 0.1) is 6.92 Å². The van der Waals surface area contributed by atoms with E-state index < -0.39 is 18.8 Å². The molecule has 1 N–H and O–H groups in total. The fourth-order valence-electron chi connectivity index (χ4n) is 1.42. The molecule has 0 aromatic carbocycles. The van der Waals surface area contributed by atoms with Crippen LogP contribution in [0.2, 0.25) is 0 Å². The molecular weight excluding hydrogens is 284 g/mol. The Morgan fingerprint density at radius 1 is 1.62 bits per heavy atom. The molecule has 0 unspecified atom stereocenters. The number of hydrogen-bond donors (Lipinski definition) is 1. The molecule has 6 heteroatoms. The molecule has 1 aromatic heterocycles. The van der Waals surface area contributed by atoms with Crippen LogP contribution in [0.25, 0.3) is 0 Å². The van der Waals surface area contributed by atoms with Crippen LogP contribution in [0.1, 0.15) is 28.8 Å². The highest BCUT2D eigenvalue weighted by Crippen LogP contribution is 2.27. The van der Waals surface area contributed by atoms with Crippen molar-refractivity contribution in [2.45, 2.75) is 25.1 Å². The molecule has 0 atom stereocenters. The molecule has 0 saturated carbocycles. The van der Waals surface area contributed by atoms with Crippen molar-refractivity contribution in [3.05, 3.63) is 28.6 Å². The number of aliphatic carboxylic acids is 1. The van der Waals surface area contributed by atoms with Crippen LogP contribution in [0.4, 0.5) is 8.78 Å². The van der Waals surface area contributed by atoms with Crippen LogP contribution in [-0.4, -0.2) is 16.1 Å². The normalized spacial score (nSPS) is 10.8. The van der Waals surface area contributed by atoms with Gasteiger partial charge < -0.3 is 5.11 Å². The number of nitrogens with zero attached hydrogens (tertiary/aromatic N) is 1. The van der Waals surface area contributed by atoms with Gasteiger partial charge in [-0.1, -0.05) is 15.9 Å². The quantitative estimate of drug-likeness (QED) is 0.869. The molecule has 1 aromatic rings. The Morgan fingerprint density at radius 2 is 2.25 bits per heavy atom. The maximum absolute atomic E-state index is 12.6. The molecule has 0 amide bonds. The van der Waals surface area contributed by atoms with Gasteiger partial charge in [0.2, 0.25) is 0 Å². The standard InChI is InChI=1S/C10H10BrF2NO2/c1-5-6(2-9(15)16)7(10(12)13)4-14-8(5)3-11/h4,10H,2-3H2,1H3,(H,15,16). The summed E-state index contributed by atoms with van der Waals surface area (Å²) < 4.78 is 25.3. The van der Waals surface area contributed by atoms with Gasteiger partial charge in [0.15, 0.2) is 0 Å². The SMILES string of the molecule is Cc1c(CBr)ncc(C(F)F)c1CC(=O)O. The van der Waals surface area contributed by atoms with Crippen molar-refractivity contribution in [1.82, 2.24) is 4.98 Å². The summed E-state index contributed by atoms with van der Waals surface area (Å²) in [5.41, 5.74) is 0.953. The molecule has 3 nitrogen and oxygen atoms in total. The number of hydrogen-bond acceptors (Lipinski definition) is 2. The Morgan fingerprint density at radius 3 is 2.69 bits per heavy atom. The number of carboxylic acids is 1. The zero-order valence-electron chi connectivity index (χ0n) is 8.51. The molecule has 0 aliphatic heterocycles. The molecule has 1 rings (SSSR count). The zero-order valence-corrected chi connectivity index (χ0v) is 10.1. The largest absolute Gasteiger partial charge is 0.481 e. The lowest BCUT2D eigenvalue weighted by molar-refractivity contribution is -0.136. The Hall–Kier alpha value is -1.04. The van der Waals surface area contributed by atoms with E-state index in [1.165, 1.54) is 0 Å². The van der Waals surface area contributed by atoms with E-state index in [0.717, 1.165) is 6.20 Å². The fraction of sp³-hybridized carbons (Fsp3) is 0.400. The van der Waals surface area contributed by atoms with Gasteiger partial charge in [-0.15, -0.1) is 0 Å². The maximum Gasteiger partial charge on any atom is 0.307 e. The zero-order chi connectivity index (χ0) is 12.3. The molecule has 0 spiro atoms. The molecule has 0 fully saturated rings. The van der Waals surface area contributed by atoms with E-state index in [-0.39, 0.29) is 11.1 Å². The van der Waals surface area contributed by atoms with Gasteiger partial charge >= 0.3 is 5.97 Å². The molecule has 16 heavy (non-hydrogen) atoms. The second kappa shape index (κ2) is 5.34. The molecule has 0 aliphatic carbocycles. The van der Waals surface area contributed by atoms with Crippen LogP contribution in [0.3, 0.4) is 0 Å². The summed E-state index contributed by atoms with van der Waals surface area (Å²) >= 11 is 3.17. The van der Waals surface area contributed by atoms with Gasteiger partial charge in [-0.2, -0.15) is 0 Å². The van der Waals surface area contributed by atoms with E-state index in [1.54, 1.807) is 6.92 Å². The third kappa shape index (κ3) is 2.75. The molecule has 0 aliphatic rings. The minimum atomic E-state index is -2.70. The minimum absolute atomic E-state index is 0.159. The second-order valence-electron chi connectivity index (χ2n) is 3.27. The Kier molecular flexibility index (Phi) is 4.35. The lowest BCUT2D eigenvalue weighted by Crippen LogP contribution is -2.09. The summed E-state index contributed by atoms with van der Waals surface area (Å²) in [5, 5.41) is 9.10. The van der Waals surface area contributed by atoms with Crippen LogP contribution < -0.4 is 0 Å². The highest BCUT2D eigenvalue weighted by atomic mass is 79.9. The first-order chi connectivity index (χ1) is 7.47. The third-order valence-corrected chi connectivity index (χ3v) is 2.81. The van der Waals surface area contributed by atoms with Crippen LogP contribution >= 0.6 is 15.9 Å². The van der Waals surface area contributed by atoms with Crippen LogP contribution in [0.5, 0.6) is 0 Å². The number of halogens is 3. The summed E-state index contributed by atoms with van der Waals surface area (Å²) in [6.45, 7) is 1.60. The lowest BCUT2D eigenvalue weighted by Gasteiger charge is -2.12. The van der Waals surface area contributed by atoms with Crippen molar-refractivity contribution in [3.8, 4) is 0 Å². The predicted octanol–water partition coefficient (Wildman–Crippen LogP) is 2.85. The molecule has 0 bridgehead atoms. The average Bonchev–Trinajstić information content (AvgIpc) is 2.19. The van der Waals surface area contributed by atoms with Crippen molar-refractivity contribution in [2.24, 2.45) is 0 Å². The third-order valence-electron chi connectivity index (χ3n) is 2.28. The highest BCUT2D eigenvalue weighted by Gasteiger charge is 2.19. The van der Waals surface area contributed by atoms with Gasteiger partial charge in [-0.25, -0.2) is 8.78 Å². The maximum atomic E-state index is 12.6. The predicted molar refractivity (Wildman–Crippen MR) is 57.9 cm³/mol. The second-order valence-corrected chi connectivity index (χ2v) is 3.83. The molecule has 0 radical (unpaired) electrons. The van der Waals surface area contributed by atoms with E-state index in [1.807, 2.05) is 0 Å². The van der Waals surface area contributed by atoms with E-state index in [9.17, 15) is 13.6 Å². The van der Waals surface area contributed by atoms with Crippen molar-refractivity contribution in [3.63, 3.8) is 0 Å². The van der Waals surface area contributed by atoms with E-state index in [2.05, 4.69) is 20.9 Å². The first-order valence-electron chi connectivity index (χ1n) is 4.50. The highest BCUT2D eigenvalue weighted by molar-refractivity contribution is 9.08. The monoisotopic (exact) mass is 293 g/mol.